The number of benzene rings is 1. The number of carbonyl (C=O) groups is 1. The molecule has 1 aromatic carbocycles. The molecule has 0 radical (unpaired) electrons. The molecule has 0 fully saturated rings. The van der Waals surface area contributed by atoms with Crippen molar-refractivity contribution < 1.29 is 4.79 Å². The molecule has 3 aromatic rings. The maximum absolute atomic E-state index is 12.1. The number of hydrogen-bond acceptors (Lipinski definition) is 5. The average molecular weight is 257 g/mol. The van der Waals surface area contributed by atoms with E-state index in [0.29, 0.717) is 11.4 Å². The van der Waals surface area contributed by atoms with E-state index in [0.717, 1.165) is 10.9 Å². The molecule has 1 atom stereocenters. The van der Waals surface area contributed by atoms with Gasteiger partial charge < -0.3 is 5.32 Å². The van der Waals surface area contributed by atoms with Crippen LogP contribution in [0.5, 0.6) is 0 Å². The van der Waals surface area contributed by atoms with Crippen LogP contribution in [0.25, 0.3) is 10.9 Å². The normalized spacial score (nSPS) is 12.5. The second-order valence-electron chi connectivity index (χ2n) is 4.14. The number of aromatic nitrogens is 6. The van der Waals surface area contributed by atoms with E-state index in [2.05, 4.69) is 36.1 Å². The minimum atomic E-state index is -0.316. The van der Waals surface area contributed by atoms with E-state index in [-0.39, 0.29) is 11.9 Å². The fourth-order valence-corrected chi connectivity index (χ4v) is 1.78. The lowest BCUT2D eigenvalue weighted by molar-refractivity contribution is 0.0938. The highest BCUT2D eigenvalue weighted by Crippen LogP contribution is 2.13. The van der Waals surface area contributed by atoms with Gasteiger partial charge in [0.05, 0.1) is 17.8 Å². The van der Waals surface area contributed by atoms with E-state index in [1.54, 1.807) is 25.3 Å². The van der Waals surface area contributed by atoms with Crippen LogP contribution in [0, 0.1) is 0 Å². The molecule has 0 aliphatic heterocycles. The van der Waals surface area contributed by atoms with Gasteiger partial charge in [-0.05, 0) is 19.1 Å². The second-order valence-corrected chi connectivity index (χ2v) is 4.14. The molecule has 1 unspecified atom stereocenters. The van der Waals surface area contributed by atoms with Crippen LogP contribution in [0.15, 0.2) is 24.4 Å². The number of rotatable bonds is 3. The molecule has 2 aromatic heterocycles. The molecule has 2 heterocycles. The van der Waals surface area contributed by atoms with E-state index in [4.69, 9.17) is 0 Å². The second kappa shape index (κ2) is 4.48. The largest absolute Gasteiger partial charge is 0.342 e. The van der Waals surface area contributed by atoms with Crippen molar-refractivity contribution in [3.63, 3.8) is 0 Å². The van der Waals surface area contributed by atoms with Crippen LogP contribution < -0.4 is 5.32 Å². The summed E-state index contributed by atoms with van der Waals surface area (Å²) >= 11 is 0. The molecule has 0 aliphatic rings. The minimum absolute atomic E-state index is 0.200. The summed E-state index contributed by atoms with van der Waals surface area (Å²) in [5.41, 5.74) is 1.37. The van der Waals surface area contributed by atoms with Crippen LogP contribution >= 0.6 is 0 Å². The maximum atomic E-state index is 12.1. The van der Waals surface area contributed by atoms with Gasteiger partial charge in [0, 0.05) is 10.9 Å². The van der Waals surface area contributed by atoms with Crippen LogP contribution in [-0.2, 0) is 0 Å². The van der Waals surface area contributed by atoms with Crippen molar-refractivity contribution in [2.75, 3.05) is 0 Å². The molecule has 0 aliphatic carbocycles. The number of carbonyl (C=O) groups excluding carboxylic acids is 1. The van der Waals surface area contributed by atoms with Crippen molar-refractivity contribution in [2.24, 2.45) is 0 Å². The number of amides is 1. The molecule has 96 valence electrons. The molecular weight excluding hydrogens is 246 g/mol. The zero-order valence-corrected chi connectivity index (χ0v) is 10.1. The van der Waals surface area contributed by atoms with Gasteiger partial charge in [0.15, 0.2) is 5.82 Å². The lowest BCUT2D eigenvalue weighted by Gasteiger charge is -2.09. The van der Waals surface area contributed by atoms with Gasteiger partial charge >= 0.3 is 0 Å². The zero-order chi connectivity index (χ0) is 13.2. The van der Waals surface area contributed by atoms with E-state index in [9.17, 15) is 4.79 Å². The average Bonchev–Trinajstić information content (AvgIpc) is 3.09. The van der Waals surface area contributed by atoms with Gasteiger partial charge in [-0.25, -0.2) is 0 Å². The third-order valence-corrected chi connectivity index (χ3v) is 2.80. The summed E-state index contributed by atoms with van der Waals surface area (Å²) in [6.45, 7) is 1.79. The summed E-state index contributed by atoms with van der Waals surface area (Å²) in [6.07, 6.45) is 1.71. The predicted molar refractivity (Wildman–Crippen MR) is 66.2 cm³/mol. The van der Waals surface area contributed by atoms with Gasteiger partial charge in [-0.1, -0.05) is 11.3 Å². The Morgan fingerprint density at radius 2 is 2.32 bits per heavy atom. The molecule has 3 N–H and O–H groups in total. The Morgan fingerprint density at radius 1 is 1.42 bits per heavy atom. The summed E-state index contributed by atoms with van der Waals surface area (Å²) in [6, 6.07) is 5.02. The van der Waals surface area contributed by atoms with Crippen molar-refractivity contribution in [1.82, 2.24) is 36.1 Å². The molecule has 0 spiro atoms. The standard InChI is InChI=1S/C11H11N7O/c1-6(10-15-17-18-16-10)13-11(19)7-2-3-8-5-12-14-9(8)4-7/h2-6H,1H3,(H,12,14)(H,13,19)(H,15,16,17,18). The lowest BCUT2D eigenvalue weighted by Crippen LogP contribution is -2.27. The fourth-order valence-electron chi connectivity index (χ4n) is 1.78. The van der Waals surface area contributed by atoms with Crippen molar-refractivity contribution >= 4 is 16.8 Å². The molecule has 1 amide bonds. The Labute approximate surface area is 107 Å². The highest BCUT2D eigenvalue weighted by atomic mass is 16.1. The highest BCUT2D eigenvalue weighted by molar-refractivity contribution is 5.97. The molecule has 0 bridgehead atoms. The smallest absolute Gasteiger partial charge is 0.251 e. The molecular formula is C11H11N7O. The summed E-state index contributed by atoms with van der Waals surface area (Å²) in [5.74, 6) is 0.241. The van der Waals surface area contributed by atoms with Crippen molar-refractivity contribution in [3.05, 3.63) is 35.8 Å². The number of H-pyrrole nitrogens is 2. The summed E-state index contributed by atoms with van der Waals surface area (Å²) in [4.78, 5) is 12.1. The Hall–Kier alpha value is -2.77. The number of hydrogen-bond donors (Lipinski definition) is 3. The Kier molecular flexibility index (Phi) is 2.67. The number of fused-ring (bicyclic) bond motifs is 1. The molecule has 8 nitrogen and oxygen atoms in total. The topological polar surface area (TPSA) is 112 Å². The molecule has 0 saturated heterocycles. The molecule has 3 rings (SSSR count). The monoisotopic (exact) mass is 257 g/mol. The van der Waals surface area contributed by atoms with Crippen LogP contribution in [0.3, 0.4) is 0 Å². The van der Waals surface area contributed by atoms with Gasteiger partial charge in [0.25, 0.3) is 5.91 Å². The lowest BCUT2D eigenvalue weighted by atomic mass is 10.1. The molecule has 8 heteroatoms. The third-order valence-electron chi connectivity index (χ3n) is 2.80. The van der Waals surface area contributed by atoms with Crippen LogP contribution in [0.2, 0.25) is 0 Å². The van der Waals surface area contributed by atoms with Crippen molar-refractivity contribution in [2.45, 2.75) is 13.0 Å². The first-order valence-corrected chi connectivity index (χ1v) is 5.71. The van der Waals surface area contributed by atoms with Gasteiger partial charge in [-0.15, -0.1) is 10.2 Å². The van der Waals surface area contributed by atoms with E-state index in [1.807, 2.05) is 6.07 Å². The fraction of sp³-hybridized carbons (Fsp3) is 0.182. The Bertz CT molecular complexity index is 703. The van der Waals surface area contributed by atoms with E-state index >= 15 is 0 Å². The van der Waals surface area contributed by atoms with Gasteiger partial charge in [-0.2, -0.15) is 10.3 Å². The first kappa shape index (κ1) is 11.3. The number of tetrazole rings is 1. The van der Waals surface area contributed by atoms with E-state index < -0.39 is 0 Å². The van der Waals surface area contributed by atoms with Crippen molar-refractivity contribution in [1.29, 1.82) is 0 Å². The third kappa shape index (κ3) is 2.15. The first-order valence-electron chi connectivity index (χ1n) is 5.71. The summed E-state index contributed by atoms with van der Waals surface area (Å²) in [5, 5.41) is 24.0. The predicted octanol–water partition coefficient (Wildman–Crippen LogP) is 0.567. The highest BCUT2D eigenvalue weighted by Gasteiger charge is 2.15. The van der Waals surface area contributed by atoms with Gasteiger partial charge in [-0.3, -0.25) is 9.89 Å². The molecule has 0 saturated carbocycles. The maximum Gasteiger partial charge on any atom is 0.251 e. The van der Waals surface area contributed by atoms with Crippen LogP contribution in [0.1, 0.15) is 29.1 Å². The SMILES string of the molecule is CC(NC(=O)c1ccc2cn[nH]c2c1)c1nn[nH]n1. The summed E-state index contributed by atoms with van der Waals surface area (Å²) in [7, 11) is 0. The first-order chi connectivity index (χ1) is 9.24. The Balaban J connectivity index is 1.79. The quantitative estimate of drug-likeness (QED) is 0.635. The van der Waals surface area contributed by atoms with Gasteiger partial charge in [0.2, 0.25) is 0 Å². The summed E-state index contributed by atoms with van der Waals surface area (Å²) < 4.78 is 0. The van der Waals surface area contributed by atoms with Crippen LogP contribution in [-0.4, -0.2) is 36.7 Å². The number of aromatic amines is 2. The van der Waals surface area contributed by atoms with Gasteiger partial charge in [0.1, 0.15) is 0 Å². The van der Waals surface area contributed by atoms with Crippen LogP contribution in [0.4, 0.5) is 0 Å². The van der Waals surface area contributed by atoms with Crippen molar-refractivity contribution in [3.8, 4) is 0 Å². The minimum Gasteiger partial charge on any atom is -0.342 e. The number of nitrogens with zero attached hydrogens (tertiary/aromatic N) is 4. The number of nitrogens with one attached hydrogen (secondary N) is 3. The zero-order valence-electron chi connectivity index (χ0n) is 10.1. The Morgan fingerprint density at radius 3 is 3.11 bits per heavy atom. The van der Waals surface area contributed by atoms with E-state index in [1.165, 1.54) is 0 Å². The molecule has 19 heavy (non-hydrogen) atoms.